The first-order valence-corrected chi connectivity index (χ1v) is 7.86. The van der Waals surface area contributed by atoms with Crippen LogP contribution < -0.4 is 9.47 Å². The van der Waals surface area contributed by atoms with Crippen LogP contribution in [0.25, 0.3) is 0 Å². The van der Waals surface area contributed by atoms with Gasteiger partial charge >= 0.3 is 5.97 Å². The summed E-state index contributed by atoms with van der Waals surface area (Å²) in [7, 11) is 1.56. The summed E-state index contributed by atoms with van der Waals surface area (Å²) in [6, 6.07) is 7.41. The molecule has 2 rings (SSSR count). The fourth-order valence-corrected chi connectivity index (χ4v) is 2.30. The second-order valence-corrected chi connectivity index (χ2v) is 5.31. The third-order valence-corrected chi connectivity index (χ3v) is 3.59. The van der Waals surface area contributed by atoms with Crippen LogP contribution in [-0.2, 0) is 14.3 Å². The third-order valence-electron chi connectivity index (χ3n) is 3.59. The van der Waals surface area contributed by atoms with E-state index in [0.29, 0.717) is 24.7 Å². The molecule has 0 aromatic heterocycles. The van der Waals surface area contributed by atoms with Gasteiger partial charge in [-0.15, -0.1) is 0 Å². The highest BCUT2D eigenvalue weighted by atomic mass is 16.5. The summed E-state index contributed by atoms with van der Waals surface area (Å²) >= 11 is 0. The van der Waals surface area contributed by atoms with Crippen LogP contribution >= 0.6 is 0 Å². The van der Waals surface area contributed by atoms with Crippen LogP contribution in [0, 0.1) is 0 Å². The number of carbonyl (C=O) groups is 2. The van der Waals surface area contributed by atoms with Gasteiger partial charge in [-0.2, -0.15) is 0 Å². The molecule has 6 heteroatoms. The lowest BCUT2D eigenvalue weighted by molar-refractivity contribution is -0.144. The SMILES string of the molecule is CCOC(=O)CCN(C(=O)COc1ccccc1OC)C1CC1. The number of benzene rings is 1. The monoisotopic (exact) mass is 321 g/mol. The van der Waals surface area contributed by atoms with E-state index in [1.807, 2.05) is 12.1 Å². The van der Waals surface area contributed by atoms with Crippen molar-refractivity contribution in [3.8, 4) is 11.5 Å². The Labute approximate surface area is 136 Å². The molecule has 126 valence electrons. The Bertz CT molecular complexity index is 542. The van der Waals surface area contributed by atoms with Gasteiger partial charge in [-0.3, -0.25) is 9.59 Å². The second kappa shape index (κ2) is 8.41. The summed E-state index contributed by atoms with van der Waals surface area (Å²) in [4.78, 5) is 25.6. The molecular weight excluding hydrogens is 298 g/mol. The van der Waals surface area contributed by atoms with Gasteiger partial charge in [0.25, 0.3) is 5.91 Å². The molecule has 0 unspecified atom stereocenters. The maximum absolute atomic E-state index is 12.4. The van der Waals surface area contributed by atoms with Gasteiger partial charge in [0.2, 0.25) is 0 Å². The molecular formula is C17H23NO5. The second-order valence-electron chi connectivity index (χ2n) is 5.31. The number of para-hydroxylation sites is 2. The predicted octanol–water partition coefficient (Wildman–Crippen LogP) is 2.02. The first-order valence-electron chi connectivity index (χ1n) is 7.86. The molecule has 0 atom stereocenters. The Hall–Kier alpha value is -2.24. The molecule has 1 aliphatic carbocycles. The first-order chi connectivity index (χ1) is 11.2. The molecule has 0 spiro atoms. The van der Waals surface area contributed by atoms with Crippen molar-refractivity contribution >= 4 is 11.9 Å². The van der Waals surface area contributed by atoms with Crippen molar-refractivity contribution in [1.29, 1.82) is 0 Å². The molecule has 1 aromatic carbocycles. The fourth-order valence-electron chi connectivity index (χ4n) is 2.30. The molecule has 1 aliphatic rings. The number of esters is 1. The molecule has 6 nitrogen and oxygen atoms in total. The van der Waals surface area contributed by atoms with Crippen LogP contribution in [0.3, 0.4) is 0 Å². The highest BCUT2D eigenvalue weighted by Gasteiger charge is 2.33. The molecule has 1 fully saturated rings. The number of hydrogen-bond acceptors (Lipinski definition) is 5. The number of methoxy groups -OCH3 is 1. The molecule has 0 radical (unpaired) electrons. The van der Waals surface area contributed by atoms with Crippen LogP contribution in [0.4, 0.5) is 0 Å². The molecule has 0 saturated heterocycles. The van der Waals surface area contributed by atoms with E-state index < -0.39 is 0 Å². The Kier molecular flexibility index (Phi) is 6.26. The quantitative estimate of drug-likeness (QED) is 0.651. The van der Waals surface area contributed by atoms with E-state index in [-0.39, 0.29) is 30.9 Å². The van der Waals surface area contributed by atoms with E-state index in [0.717, 1.165) is 12.8 Å². The molecule has 1 aromatic rings. The molecule has 1 saturated carbocycles. The van der Waals surface area contributed by atoms with Crippen LogP contribution in [0.2, 0.25) is 0 Å². The van der Waals surface area contributed by atoms with Crippen LogP contribution in [0.1, 0.15) is 26.2 Å². The van der Waals surface area contributed by atoms with Crippen molar-refractivity contribution in [3.05, 3.63) is 24.3 Å². The van der Waals surface area contributed by atoms with E-state index in [2.05, 4.69) is 0 Å². The summed E-state index contributed by atoms with van der Waals surface area (Å²) < 4.78 is 15.7. The standard InChI is InChI=1S/C17H23NO5/c1-3-22-17(20)10-11-18(13-8-9-13)16(19)12-23-15-7-5-4-6-14(15)21-2/h4-7,13H,3,8-12H2,1-2H3. The zero-order chi connectivity index (χ0) is 16.7. The van der Waals surface area contributed by atoms with Gasteiger partial charge in [-0.05, 0) is 31.9 Å². The van der Waals surface area contributed by atoms with Gasteiger partial charge in [-0.25, -0.2) is 0 Å². The van der Waals surface area contributed by atoms with E-state index in [4.69, 9.17) is 14.2 Å². The van der Waals surface area contributed by atoms with Gasteiger partial charge in [0.05, 0.1) is 20.1 Å². The first kappa shape index (κ1) is 17.1. The van der Waals surface area contributed by atoms with Gasteiger partial charge in [0.15, 0.2) is 18.1 Å². The fraction of sp³-hybridized carbons (Fsp3) is 0.529. The molecule has 0 N–H and O–H groups in total. The average Bonchev–Trinajstić information content (AvgIpc) is 3.38. The Morgan fingerprint density at radius 2 is 1.91 bits per heavy atom. The minimum absolute atomic E-state index is 0.0697. The zero-order valence-corrected chi connectivity index (χ0v) is 13.6. The van der Waals surface area contributed by atoms with Gasteiger partial charge in [0.1, 0.15) is 0 Å². The molecule has 0 bridgehead atoms. The number of nitrogens with zero attached hydrogens (tertiary/aromatic N) is 1. The predicted molar refractivity (Wildman–Crippen MR) is 84.5 cm³/mol. The number of hydrogen-bond donors (Lipinski definition) is 0. The van der Waals surface area contributed by atoms with Gasteiger partial charge in [0, 0.05) is 12.6 Å². The van der Waals surface area contributed by atoms with Crippen molar-refractivity contribution in [2.24, 2.45) is 0 Å². The number of amides is 1. The minimum Gasteiger partial charge on any atom is -0.493 e. The minimum atomic E-state index is -0.281. The van der Waals surface area contributed by atoms with Gasteiger partial charge < -0.3 is 19.1 Å². The summed E-state index contributed by atoms with van der Waals surface area (Å²) in [5.41, 5.74) is 0. The molecule has 23 heavy (non-hydrogen) atoms. The van der Waals surface area contributed by atoms with Crippen LogP contribution in [0.15, 0.2) is 24.3 Å². The summed E-state index contributed by atoms with van der Waals surface area (Å²) in [5.74, 6) is 0.716. The molecule has 0 heterocycles. The number of rotatable bonds is 9. The topological polar surface area (TPSA) is 65.1 Å². The van der Waals surface area contributed by atoms with Crippen LogP contribution in [-0.4, -0.2) is 49.7 Å². The lowest BCUT2D eigenvalue weighted by Gasteiger charge is -2.22. The third kappa shape index (κ3) is 5.16. The lowest BCUT2D eigenvalue weighted by Crippen LogP contribution is -2.38. The normalized spacial score (nSPS) is 13.3. The maximum Gasteiger partial charge on any atom is 0.307 e. The Morgan fingerprint density at radius 3 is 2.52 bits per heavy atom. The highest BCUT2D eigenvalue weighted by molar-refractivity contribution is 5.79. The lowest BCUT2D eigenvalue weighted by atomic mass is 10.3. The van der Waals surface area contributed by atoms with Crippen molar-refractivity contribution in [2.75, 3.05) is 26.9 Å². The van der Waals surface area contributed by atoms with E-state index in [1.165, 1.54) is 0 Å². The summed E-state index contributed by atoms with van der Waals surface area (Å²) in [6.45, 7) is 2.42. The molecule has 1 amide bonds. The van der Waals surface area contributed by atoms with Crippen molar-refractivity contribution in [1.82, 2.24) is 4.90 Å². The van der Waals surface area contributed by atoms with E-state index in [9.17, 15) is 9.59 Å². The van der Waals surface area contributed by atoms with Gasteiger partial charge in [-0.1, -0.05) is 12.1 Å². The smallest absolute Gasteiger partial charge is 0.307 e. The highest BCUT2D eigenvalue weighted by Crippen LogP contribution is 2.28. The van der Waals surface area contributed by atoms with Crippen molar-refractivity contribution < 1.29 is 23.8 Å². The van der Waals surface area contributed by atoms with E-state index >= 15 is 0 Å². The molecule has 0 aliphatic heterocycles. The van der Waals surface area contributed by atoms with Crippen molar-refractivity contribution in [3.63, 3.8) is 0 Å². The zero-order valence-electron chi connectivity index (χ0n) is 13.6. The van der Waals surface area contributed by atoms with Crippen molar-refractivity contribution in [2.45, 2.75) is 32.2 Å². The average molecular weight is 321 g/mol. The Balaban J connectivity index is 1.87. The largest absolute Gasteiger partial charge is 0.493 e. The number of ether oxygens (including phenoxy) is 3. The van der Waals surface area contributed by atoms with E-state index in [1.54, 1.807) is 31.1 Å². The maximum atomic E-state index is 12.4. The van der Waals surface area contributed by atoms with Crippen LogP contribution in [0.5, 0.6) is 11.5 Å². The Morgan fingerprint density at radius 1 is 1.22 bits per heavy atom. The summed E-state index contributed by atoms with van der Waals surface area (Å²) in [5, 5.41) is 0. The summed E-state index contributed by atoms with van der Waals surface area (Å²) in [6.07, 6.45) is 2.16. The number of carbonyl (C=O) groups excluding carboxylic acids is 2.